The normalized spacial score (nSPS) is 15.5. The molecule has 7 nitrogen and oxygen atoms in total. The van der Waals surface area contributed by atoms with Gasteiger partial charge in [-0.1, -0.05) is 29.3 Å². The minimum atomic E-state index is -0.792. The van der Waals surface area contributed by atoms with Crippen molar-refractivity contribution >= 4 is 34.8 Å². The van der Waals surface area contributed by atoms with E-state index in [1.807, 2.05) is 0 Å². The van der Waals surface area contributed by atoms with Crippen LogP contribution in [0.4, 0.5) is 8.78 Å². The lowest BCUT2D eigenvalue weighted by molar-refractivity contribution is -0.0197. The van der Waals surface area contributed by atoms with Crippen LogP contribution >= 0.6 is 23.2 Å². The maximum atomic E-state index is 14.6. The zero-order chi connectivity index (χ0) is 22.6. The smallest absolute Gasteiger partial charge is 0.293 e. The zero-order valence-corrected chi connectivity index (χ0v) is 18.2. The lowest BCUT2D eigenvalue weighted by Gasteiger charge is -2.37. The Morgan fingerprint density at radius 1 is 1.12 bits per heavy atom. The number of halogens is 4. The predicted octanol–water partition coefficient (Wildman–Crippen LogP) is 3.67. The Kier molecular flexibility index (Phi) is 5.19. The Morgan fingerprint density at radius 3 is 2.53 bits per heavy atom. The summed E-state index contributed by atoms with van der Waals surface area (Å²) in [5.74, 6) is -1.62. The first kappa shape index (κ1) is 21.0. The highest BCUT2D eigenvalue weighted by Gasteiger charge is 2.35. The lowest BCUT2D eigenvalue weighted by atomic mass is 9.99. The average Bonchev–Trinajstić information content (AvgIpc) is 3.09. The van der Waals surface area contributed by atoms with Crippen LogP contribution in [0.3, 0.4) is 0 Å². The number of likely N-dealkylation sites (tertiary alicyclic amines) is 1. The quantitative estimate of drug-likeness (QED) is 0.576. The van der Waals surface area contributed by atoms with Crippen LogP contribution in [-0.2, 0) is 11.3 Å². The van der Waals surface area contributed by atoms with Crippen LogP contribution in [0.5, 0.6) is 0 Å². The van der Waals surface area contributed by atoms with Gasteiger partial charge in [0.1, 0.15) is 11.6 Å². The van der Waals surface area contributed by atoms with Crippen molar-refractivity contribution in [3.05, 3.63) is 74.8 Å². The first-order chi connectivity index (χ1) is 15.4. The molecule has 0 aliphatic carbocycles. The molecule has 0 radical (unpaired) electrons. The molecule has 1 saturated heterocycles. The van der Waals surface area contributed by atoms with E-state index in [2.05, 4.69) is 15.1 Å². The topological polar surface area (TPSA) is 72.6 Å². The molecule has 0 bridgehead atoms. The summed E-state index contributed by atoms with van der Waals surface area (Å²) in [5, 5.41) is 4.60. The number of hydrogen-bond acceptors (Lipinski definition) is 5. The van der Waals surface area contributed by atoms with Crippen LogP contribution in [0.25, 0.3) is 5.69 Å². The van der Waals surface area contributed by atoms with Crippen LogP contribution in [0.15, 0.2) is 35.3 Å². The molecule has 1 fully saturated rings. The molecule has 1 aromatic heterocycles. The molecule has 164 valence electrons. The third-order valence-electron chi connectivity index (χ3n) is 5.45. The van der Waals surface area contributed by atoms with Gasteiger partial charge in [-0.3, -0.25) is 9.79 Å². The van der Waals surface area contributed by atoms with Crippen LogP contribution in [0.2, 0.25) is 10.0 Å². The van der Waals surface area contributed by atoms with Gasteiger partial charge in [0, 0.05) is 25.8 Å². The van der Waals surface area contributed by atoms with Crippen molar-refractivity contribution in [2.75, 3.05) is 20.2 Å². The second-order valence-corrected chi connectivity index (χ2v) is 8.13. The van der Waals surface area contributed by atoms with Gasteiger partial charge in [-0.25, -0.2) is 18.4 Å². The molecule has 1 amide bonds. The fourth-order valence-corrected chi connectivity index (χ4v) is 4.13. The SMILES string of the molecule is COC1CN(C(=O)c2nc3n(n2)-c2ccc(Cl)c(Cl)c2C(c2c(F)cccc2F)=NC3)C1. The third kappa shape index (κ3) is 3.28. The highest BCUT2D eigenvalue weighted by molar-refractivity contribution is 6.45. The fraction of sp³-hybridized carbons (Fsp3) is 0.238. The Labute approximate surface area is 191 Å². The molecular formula is C21H15Cl2F2N5O2. The number of rotatable bonds is 3. The summed E-state index contributed by atoms with van der Waals surface area (Å²) in [6, 6.07) is 6.67. The van der Waals surface area contributed by atoms with Gasteiger partial charge in [-0.05, 0) is 24.3 Å². The van der Waals surface area contributed by atoms with Crippen LogP contribution in [0, 0.1) is 11.6 Å². The van der Waals surface area contributed by atoms with Gasteiger partial charge in [0.05, 0.1) is 39.7 Å². The van der Waals surface area contributed by atoms with E-state index in [0.29, 0.717) is 24.6 Å². The second kappa shape index (κ2) is 7.91. The summed E-state index contributed by atoms with van der Waals surface area (Å²) >= 11 is 12.7. The van der Waals surface area contributed by atoms with Gasteiger partial charge in [-0.2, -0.15) is 0 Å². The van der Waals surface area contributed by atoms with Crippen molar-refractivity contribution < 1.29 is 18.3 Å². The van der Waals surface area contributed by atoms with Crippen LogP contribution in [-0.4, -0.2) is 57.6 Å². The molecule has 3 aromatic rings. The number of aliphatic imine (C=N–C) groups is 1. The summed E-state index contributed by atoms with van der Waals surface area (Å²) in [7, 11) is 1.59. The van der Waals surface area contributed by atoms with E-state index in [9.17, 15) is 13.6 Å². The lowest BCUT2D eigenvalue weighted by Crippen LogP contribution is -2.54. The average molecular weight is 478 g/mol. The molecule has 2 aliphatic rings. The maximum Gasteiger partial charge on any atom is 0.293 e. The Bertz CT molecular complexity index is 1270. The number of carbonyl (C=O) groups excluding carboxylic acids is 1. The van der Waals surface area contributed by atoms with Gasteiger partial charge < -0.3 is 9.64 Å². The minimum absolute atomic E-state index is 0.00560. The summed E-state index contributed by atoms with van der Waals surface area (Å²) in [6.07, 6.45) is -0.0103. The molecular weight excluding hydrogens is 463 g/mol. The molecule has 5 rings (SSSR count). The van der Waals surface area contributed by atoms with Crippen molar-refractivity contribution in [1.29, 1.82) is 0 Å². The van der Waals surface area contributed by atoms with Gasteiger partial charge in [0.25, 0.3) is 5.91 Å². The number of hydrogen-bond donors (Lipinski definition) is 0. The molecule has 2 aliphatic heterocycles. The van der Waals surface area contributed by atoms with E-state index >= 15 is 0 Å². The van der Waals surface area contributed by atoms with E-state index in [1.165, 1.54) is 16.8 Å². The molecule has 3 heterocycles. The van der Waals surface area contributed by atoms with Crippen molar-refractivity contribution in [2.24, 2.45) is 4.99 Å². The monoisotopic (exact) mass is 477 g/mol. The van der Waals surface area contributed by atoms with E-state index < -0.39 is 11.6 Å². The van der Waals surface area contributed by atoms with Crippen molar-refractivity contribution in [1.82, 2.24) is 19.7 Å². The Balaban J connectivity index is 1.64. The largest absolute Gasteiger partial charge is 0.378 e. The maximum absolute atomic E-state index is 14.6. The molecule has 11 heteroatoms. The third-order valence-corrected chi connectivity index (χ3v) is 6.25. The number of nitrogens with zero attached hydrogens (tertiary/aromatic N) is 5. The highest BCUT2D eigenvalue weighted by Crippen LogP contribution is 2.35. The number of carbonyl (C=O) groups is 1. The number of ether oxygens (including phenoxy) is 1. The van der Waals surface area contributed by atoms with Crippen LogP contribution in [0.1, 0.15) is 27.6 Å². The van der Waals surface area contributed by atoms with E-state index in [-0.39, 0.29) is 51.3 Å². The second-order valence-electron chi connectivity index (χ2n) is 7.35. The standard InChI is InChI=1S/C21H15Cl2F2N5O2/c1-32-10-8-29(9-10)21(31)20-27-15-7-26-19(16-12(24)3-2-4-13(16)25)17-14(30(15)28-20)6-5-11(22)18(17)23/h2-6,10H,7-9H2,1H3. The summed E-state index contributed by atoms with van der Waals surface area (Å²) in [5.41, 5.74) is 0.229. The number of amides is 1. The molecule has 0 saturated carbocycles. The summed E-state index contributed by atoms with van der Waals surface area (Å²) in [6.45, 7) is 0.824. The van der Waals surface area contributed by atoms with Crippen molar-refractivity contribution in [3.63, 3.8) is 0 Å². The molecule has 0 unspecified atom stereocenters. The molecule has 0 atom stereocenters. The van der Waals surface area contributed by atoms with E-state index in [0.717, 1.165) is 12.1 Å². The highest BCUT2D eigenvalue weighted by atomic mass is 35.5. The molecule has 32 heavy (non-hydrogen) atoms. The Hall–Kier alpha value is -2.88. The first-order valence-corrected chi connectivity index (χ1v) is 10.4. The van der Waals surface area contributed by atoms with Gasteiger partial charge in [0.15, 0.2) is 5.82 Å². The van der Waals surface area contributed by atoms with E-state index in [4.69, 9.17) is 27.9 Å². The van der Waals surface area contributed by atoms with Crippen molar-refractivity contribution in [2.45, 2.75) is 12.6 Å². The first-order valence-electron chi connectivity index (χ1n) is 9.64. The molecule has 2 aromatic carbocycles. The Morgan fingerprint density at radius 2 is 1.84 bits per heavy atom. The van der Waals surface area contributed by atoms with Crippen molar-refractivity contribution in [3.8, 4) is 5.69 Å². The molecule has 0 spiro atoms. The number of fused-ring (bicyclic) bond motifs is 3. The zero-order valence-electron chi connectivity index (χ0n) is 16.6. The molecule has 0 N–H and O–H groups in total. The van der Waals surface area contributed by atoms with Crippen LogP contribution < -0.4 is 0 Å². The predicted molar refractivity (Wildman–Crippen MR) is 114 cm³/mol. The summed E-state index contributed by atoms with van der Waals surface area (Å²) in [4.78, 5) is 23.1. The van der Waals surface area contributed by atoms with E-state index in [1.54, 1.807) is 18.1 Å². The minimum Gasteiger partial charge on any atom is -0.378 e. The van der Waals surface area contributed by atoms with Gasteiger partial charge in [0.2, 0.25) is 5.82 Å². The number of aromatic nitrogens is 3. The van der Waals surface area contributed by atoms with Gasteiger partial charge in [-0.15, -0.1) is 5.10 Å². The summed E-state index contributed by atoms with van der Waals surface area (Å²) < 4.78 is 35.8. The number of methoxy groups -OCH3 is 1. The fourth-order valence-electron chi connectivity index (χ4n) is 3.72. The van der Waals surface area contributed by atoms with Gasteiger partial charge >= 0.3 is 0 Å². The number of benzene rings is 2.